The fourth-order valence-electron chi connectivity index (χ4n) is 4.76. The van der Waals surface area contributed by atoms with Gasteiger partial charge in [-0.3, -0.25) is 0 Å². The van der Waals surface area contributed by atoms with Crippen molar-refractivity contribution in [1.82, 2.24) is 24.9 Å². The molecule has 0 aliphatic carbocycles. The van der Waals surface area contributed by atoms with Gasteiger partial charge in [0.25, 0.3) is 0 Å². The number of sulfonamides is 1. The van der Waals surface area contributed by atoms with Gasteiger partial charge in [-0.15, -0.1) is 5.10 Å². The van der Waals surface area contributed by atoms with Crippen LogP contribution in [0, 0.1) is 0 Å². The third-order valence-electron chi connectivity index (χ3n) is 6.50. The predicted molar refractivity (Wildman–Crippen MR) is 126 cm³/mol. The van der Waals surface area contributed by atoms with Crippen LogP contribution in [0.2, 0.25) is 0 Å². The van der Waals surface area contributed by atoms with Crippen molar-refractivity contribution < 1.29 is 22.6 Å². The number of hydrogen-bond donors (Lipinski definition) is 1. The smallest absolute Gasteiger partial charge is 0.241 e. The molecule has 0 radical (unpaired) electrons. The molecule has 0 amide bonds. The number of nitrogens with one attached hydrogen (secondary N) is 1. The Hall–Kier alpha value is -3.38. The van der Waals surface area contributed by atoms with Crippen LogP contribution in [-0.4, -0.2) is 67.2 Å². The van der Waals surface area contributed by atoms with Crippen LogP contribution in [0.1, 0.15) is 6.04 Å². The third-order valence-corrected chi connectivity index (χ3v) is 7.99. The van der Waals surface area contributed by atoms with Crippen LogP contribution in [-0.2, 0) is 19.5 Å². The van der Waals surface area contributed by atoms with Gasteiger partial charge in [-0.1, -0.05) is 42.5 Å². The lowest BCUT2D eigenvalue weighted by Gasteiger charge is -2.18. The zero-order valence-corrected chi connectivity index (χ0v) is 19.6. The van der Waals surface area contributed by atoms with E-state index in [-0.39, 0.29) is 17.5 Å². The lowest BCUT2D eigenvalue weighted by atomic mass is 10.1. The van der Waals surface area contributed by atoms with Crippen LogP contribution in [0.3, 0.4) is 0 Å². The van der Waals surface area contributed by atoms with Crippen molar-refractivity contribution in [2.24, 2.45) is 0 Å². The number of benzene rings is 3. The van der Waals surface area contributed by atoms with Crippen LogP contribution in [0.5, 0.6) is 5.75 Å². The first-order valence-corrected chi connectivity index (χ1v) is 12.7. The molecule has 3 heterocycles. The van der Waals surface area contributed by atoms with Crippen molar-refractivity contribution in [2.45, 2.75) is 29.2 Å². The van der Waals surface area contributed by atoms with Gasteiger partial charge in [0.1, 0.15) is 24.0 Å². The van der Waals surface area contributed by atoms with Crippen molar-refractivity contribution in [1.29, 1.82) is 0 Å². The maximum atomic E-state index is 13.2. The second kappa shape index (κ2) is 8.68. The Morgan fingerprint density at radius 1 is 0.971 bits per heavy atom. The van der Waals surface area contributed by atoms with E-state index in [0.717, 1.165) is 16.3 Å². The van der Waals surface area contributed by atoms with E-state index in [1.807, 2.05) is 48.5 Å². The first kappa shape index (κ1) is 22.1. The summed E-state index contributed by atoms with van der Waals surface area (Å²) in [5, 5.41) is 14.1. The van der Waals surface area contributed by atoms with Crippen molar-refractivity contribution >= 4 is 20.8 Å². The van der Waals surface area contributed by atoms with Crippen LogP contribution < -0.4 is 9.46 Å². The van der Waals surface area contributed by atoms with E-state index in [4.69, 9.17) is 14.2 Å². The summed E-state index contributed by atoms with van der Waals surface area (Å²) < 4.78 is 48.1. The minimum absolute atomic E-state index is 0.190. The summed E-state index contributed by atoms with van der Waals surface area (Å²) in [4.78, 5) is 0.204. The molecule has 2 saturated heterocycles. The van der Waals surface area contributed by atoms with E-state index in [2.05, 4.69) is 20.2 Å². The highest BCUT2D eigenvalue weighted by molar-refractivity contribution is 7.89. The molecule has 0 spiro atoms. The fourth-order valence-corrected chi connectivity index (χ4v) is 6.03. The number of aromatic nitrogens is 4. The molecule has 6 rings (SSSR count). The monoisotopic (exact) mass is 493 g/mol. The van der Waals surface area contributed by atoms with Crippen molar-refractivity contribution in [3.63, 3.8) is 0 Å². The Bertz CT molecular complexity index is 1490. The number of hydrogen-bond acceptors (Lipinski definition) is 8. The molecule has 180 valence electrons. The highest BCUT2D eigenvalue weighted by atomic mass is 32.2. The molecule has 4 atom stereocenters. The van der Waals surface area contributed by atoms with Crippen molar-refractivity contribution in [3.05, 3.63) is 66.7 Å². The quantitative estimate of drug-likeness (QED) is 0.434. The second-order valence-electron chi connectivity index (χ2n) is 8.58. The predicted octanol–water partition coefficient (Wildman–Crippen LogP) is 2.19. The van der Waals surface area contributed by atoms with Gasteiger partial charge in [0, 0.05) is 5.56 Å². The van der Waals surface area contributed by atoms with Gasteiger partial charge >= 0.3 is 0 Å². The van der Waals surface area contributed by atoms with Gasteiger partial charge in [-0.25, -0.2) is 17.8 Å². The molecule has 10 nitrogen and oxygen atoms in total. The topological polar surface area (TPSA) is 117 Å². The Balaban J connectivity index is 1.22. The van der Waals surface area contributed by atoms with Crippen LogP contribution in [0.15, 0.2) is 71.6 Å². The summed E-state index contributed by atoms with van der Waals surface area (Å²) in [5.74, 6) is 1.25. The maximum absolute atomic E-state index is 13.2. The number of ether oxygens (including phenoxy) is 3. The number of nitrogens with zero attached hydrogens (tertiary/aromatic N) is 4. The lowest BCUT2D eigenvalue weighted by molar-refractivity contribution is 0.0626. The standard InChI is InChI=1S/C24H23N5O5S/c1-32-18-8-4-7-17(11-18)24-25-27-28-29(24)21-14-34-22-20(13-33-23(21)22)26-35(30,31)19-10-9-15-5-2-3-6-16(15)12-19/h2-12,20-23,26H,13-14H2,1H3. The average molecular weight is 494 g/mol. The lowest BCUT2D eigenvalue weighted by Crippen LogP contribution is -2.44. The number of fused-ring (bicyclic) bond motifs is 2. The molecule has 3 aromatic carbocycles. The zero-order chi connectivity index (χ0) is 24.0. The van der Waals surface area contributed by atoms with E-state index in [1.54, 1.807) is 30.0 Å². The Morgan fingerprint density at radius 2 is 1.80 bits per heavy atom. The Kier molecular flexibility index (Phi) is 5.49. The number of methoxy groups -OCH3 is 1. The van der Waals surface area contributed by atoms with Crippen molar-refractivity contribution in [2.75, 3.05) is 20.3 Å². The first-order chi connectivity index (χ1) is 17.0. The van der Waals surface area contributed by atoms with Gasteiger partial charge in [0.05, 0.1) is 31.3 Å². The average Bonchev–Trinajstić information content (AvgIpc) is 3.61. The summed E-state index contributed by atoms with van der Waals surface area (Å²) in [6, 6.07) is 19.4. The summed E-state index contributed by atoms with van der Waals surface area (Å²) in [6.45, 7) is 0.487. The molecule has 1 aromatic heterocycles. The molecular formula is C24H23N5O5S. The minimum atomic E-state index is -3.77. The largest absolute Gasteiger partial charge is 0.497 e. The SMILES string of the molecule is COc1cccc(-c2nnnn2C2COC3C(NS(=O)(=O)c4ccc5ccccc5c4)COC32)c1. The highest BCUT2D eigenvalue weighted by Crippen LogP contribution is 2.36. The first-order valence-electron chi connectivity index (χ1n) is 11.2. The summed E-state index contributed by atoms with van der Waals surface area (Å²) in [5.41, 5.74) is 0.796. The third kappa shape index (κ3) is 3.96. The van der Waals surface area contributed by atoms with E-state index in [1.165, 1.54) is 0 Å². The molecule has 0 saturated carbocycles. The summed E-state index contributed by atoms with van der Waals surface area (Å²) >= 11 is 0. The van der Waals surface area contributed by atoms with Crippen LogP contribution in [0.25, 0.3) is 22.2 Å². The summed E-state index contributed by atoms with van der Waals surface area (Å²) in [7, 11) is -2.17. The summed E-state index contributed by atoms with van der Waals surface area (Å²) in [6.07, 6.45) is -0.857. The van der Waals surface area contributed by atoms with Gasteiger partial charge < -0.3 is 14.2 Å². The van der Waals surface area contributed by atoms with Crippen LogP contribution in [0.4, 0.5) is 0 Å². The molecule has 35 heavy (non-hydrogen) atoms. The molecule has 2 fully saturated rings. The number of tetrazole rings is 1. The molecule has 11 heteroatoms. The van der Waals surface area contributed by atoms with E-state index >= 15 is 0 Å². The van der Waals surface area contributed by atoms with Gasteiger partial charge in [0.15, 0.2) is 5.82 Å². The van der Waals surface area contributed by atoms with Crippen LogP contribution >= 0.6 is 0 Å². The normalized spacial score (nSPS) is 24.0. The van der Waals surface area contributed by atoms with Gasteiger partial charge in [-0.2, -0.15) is 0 Å². The Labute approximate surface area is 201 Å². The molecule has 2 aliphatic rings. The Morgan fingerprint density at radius 3 is 2.66 bits per heavy atom. The van der Waals surface area contributed by atoms with E-state index < -0.39 is 28.3 Å². The molecule has 4 aromatic rings. The molecule has 2 aliphatic heterocycles. The van der Waals surface area contributed by atoms with Gasteiger partial charge in [0.2, 0.25) is 10.0 Å². The molecule has 4 unspecified atom stereocenters. The second-order valence-corrected chi connectivity index (χ2v) is 10.3. The zero-order valence-electron chi connectivity index (χ0n) is 18.8. The molecule has 1 N–H and O–H groups in total. The highest BCUT2D eigenvalue weighted by Gasteiger charge is 2.50. The fraction of sp³-hybridized carbons (Fsp3) is 0.292. The minimum Gasteiger partial charge on any atom is -0.497 e. The van der Waals surface area contributed by atoms with E-state index in [0.29, 0.717) is 18.2 Å². The van der Waals surface area contributed by atoms with Gasteiger partial charge in [-0.05, 0) is 45.5 Å². The maximum Gasteiger partial charge on any atom is 0.241 e. The van der Waals surface area contributed by atoms with Crippen molar-refractivity contribution in [3.8, 4) is 17.1 Å². The molecular weight excluding hydrogens is 470 g/mol. The molecule has 0 bridgehead atoms. The number of rotatable bonds is 6. The van der Waals surface area contributed by atoms with E-state index in [9.17, 15) is 8.42 Å².